The summed E-state index contributed by atoms with van der Waals surface area (Å²) >= 11 is 0. The predicted octanol–water partition coefficient (Wildman–Crippen LogP) is -0.970. The summed E-state index contributed by atoms with van der Waals surface area (Å²) in [5, 5.41) is 10.5. The van der Waals surface area contributed by atoms with Crippen LogP contribution in [0.5, 0.6) is 0 Å². The van der Waals surface area contributed by atoms with Crippen molar-refractivity contribution in [3.05, 3.63) is 29.8 Å². The molecule has 0 saturated carbocycles. The number of anilines is 1. The Morgan fingerprint density at radius 3 is 2.33 bits per heavy atom. The third-order valence-corrected chi connectivity index (χ3v) is 4.54. The van der Waals surface area contributed by atoms with Gasteiger partial charge in [-0.15, -0.1) is 0 Å². The van der Waals surface area contributed by atoms with E-state index in [1.54, 1.807) is 0 Å². The first-order chi connectivity index (χ1) is 10.9. The van der Waals surface area contributed by atoms with Crippen LogP contribution in [0.25, 0.3) is 0 Å². The van der Waals surface area contributed by atoms with Gasteiger partial charge in [-0.05, 0) is 55.5 Å². The van der Waals surface area contributed by atoms with Gasteiger partial charge in [0, 0.05) is 31.3 Å². The Bertz CT molecular complexity index is 511. The third-order valence-electron chi connectivity index (χ3n) is 4.54. The van der Waals surface area contributed by atoms with Gasteiger partial charge in [0.1, 0.15) is 0 Å². The van der Waals surface area contributed by atoms with E-state index in [9.17, 15) is 9.90 Å². The molecule has 1 aliphatic rings. The van der Waals surface area contributed by atoms with Gasteiger partial charge in [-0.1, -0.05) is 32.9 Å². The molecule has 0 atom stereocenters. The first kappa shape index (κ1) is 21.1. The summed E-state index contributed by atoms with van der Waals surface area (Å²) < 4.78 is 0. The molecule has 5 heteroatoms. The summed E-state index contributed by atoms with van der Waals surface area (Å²) in [7, 11) is 0. The van der Waals surface area contributed by atoms with Gasteiger partial charge in [-0.25, -0.2) is 0 Å². The van der Waals surface area contributed by atoms with E-state index in [0.29, 0.717) is 6.42 Å². The fourth-order valence-corrected chi connectivity index (χ4v) is 3.07. The predicted molar refractivity (Wildman–Crippen MR) is 92.7 cm³/mol. The summed E-state index contributed by atoms with van der Waals surface area (Å²) in [5.74, 6) is -0.944. The van der Waals surface area contributed by atoms with Gasteiger partial charge in [-0.3, -0.25) is 0 Å². The largest absolute Gasteiger partial charge is 1.00 e. The van der Waals surface area contributed by atoms with E-state index in [0.717, 1.165) is 39.1 Å². The zero-order valence-corrected chi connectivity index (χ0v) is 15.7. The average molecular weight is 324 g/mol. The molecule has 1 aliphatic heterocycles. The molecule has 0 spiro atoms. The summed E-state index contributed by atoms with van der Waals surface area (Å²) in [6.45, 7) is 11.7. The summed E-state index contributed by atoms with van der Waals surface area (Å²) in [5.41, 5.74) is 2.84. The zero-order valence-electron chi connectivity index (χ0n) is 15.7. The molecule has 0 bridgehead atoms. The second kappa shape index (κ2) is 9.51. The maximum absolute atomic E-state index is 10.5. The minimum absolute atomic E-state index is 0. The summed E-state index contributed by atoms with van der Waals surface area (Å²) in [4.78, 5) is 15.3. The molecule has 1 aromatic carbocycles. The molecule has 1 saturated heterocycles. The molecular formula is C19H29LiN2O2. The van der Waals surface area contributed by atoms with E-state index in [1.807, 2.05) is 0 Å². The van der Waals surface area contributed by atoms with E-state index in [-0.39, 0.29) is 30.7 Å². The average Bonchev–Trinajstić information content (AvgIpc) is 2.72. The van der Waals surface area contributed by atoms with Crippen LogP contribution in [-0.4, -0.2) is 43.6 Å². The van der Waals surface area contributed by atoms with Crippen molar-refractivity contribution in [1.29, 1.82) is 0 Å². The molecule has 1 heterocycles. The van der Waals surface area contributed by atoms with Crippen LogP contribution in [0.4, 0.5) is 5.69 Å². The van der Waals surface area contributed by atoms with Crippen LogP contribution in [0.3, 0.4) is 0 Å². The number of benzene rings is 1. The van der Waals surface area contributed by atoms with Gasteiger partial charge in [0.05, 0.1) is 0 Å². The minimum atomic E-state index is -0.944. The topological polar surface area (TPSA) is 46.6 Å². The maximum Gasteiger partial charge on any atom is 1.00 e. The number of aliphatic carboxylic acids is 1. The molecule has 0 amide bonds. The van der Waals surface area contributed by atoms with Gasteiger partial charge >= 0.3 is 18.9 Å². The number of carbonyl (C=O) groups is 1. The van der Waals surface area contributed by atoms with Crippen LogP contribution in [0.1, 0.15) is 45.6 Å². The molecule has 1 aromatic rings. The van der Waals surface area contributed by atoms with E-state index in [1.165, 1.54) is 11.3 Å². The third kappa shape index (κ3) is 6.51. The quantitative estimate of drug-likeness (QED) is 0.654. The van der Waals surface area contributed by atoms with E-state index >= 15 is 0 Å². The zero-order chi connectivity index (χ0) is 16.9. The van der Waals surface area contributed by atoms with Gasteiger partial charge in [0.25, 0.3) is 0 Å². The first-order valence-electron chi connectivity index (χ1n) is 8.64. The Labute approximate surface area is 158 Å². The number of hydrogen-bond acceptors (Lipinski definition) is 4. The molecule has 128 valence electrons. The number of carboxylic acid groups (broad SMARTS) is 1. The maximum atomic E-state index is 10.5. The van der Waals surface area contributed by atoms with Crippen molar-refractivity contribution in [2.24, 2.45) is 0 Å². The minimum Gasteiger partial charge on any atom is -0.550 e. The van der Waals surface area contributed by atoms with Crippen molar-refractivity contribution in [1.82, 2.24) is 4.90 Å². The Hall–Kier alpha value is -0.953. The van der Waals surface area contributed by atoms with Gasteiger partial charge < -0.3 is 19.7 Å². The summed E-state index contributed by atoms with van der Waals surface area (Å²) in [6.07, 6.45) is 1.96. The fourth-order valence-electron chi connectivity index (χ4n) is 3.07. The van der Waals surface area contributed by atoms with Crippen molar-refractivity contribution >= 4 is 11.7 Å². The van der Waals surface area contributed by atoms with Crippen LogP contribution in [0.15, 0.2) is 24.3 Å². The Morgan fingerprint density at radius 2 is 1.75 bits per heavy atom. The molecule has 4 nitrogen and oxygen atoms in total. The molecule has 0 aromatic heterocycles. The molecule has 2 rings (SSSR count). The van der Waals surface area contributed by atoms with Crippen molar-refractivity contribution in [3.63, 3.8) is 0 Å². The first-order valence-corrected chi connectivity index (χ1v) is 8.64. The van der Waals surface area contributed by atoms with Gasteiger partial charge in [0.2, 0.25) is 0 Å². The number of nitrogens with zero attached hydrogens (tertiary/aromatic N) is 2. The van der Waals surface area contributed by atoms with Crippen LogP contribution in [0.2, 0.25) is 0 Å². The van der Waals surface area contributed by atoms with Crippen LogP contribution in [-0.2, 0) is 10.2 Å². The van der Waals surface area contributed by atoms with E-state index in [2.05, 4.69) is 54.8 Å². The van der Waals surface area contributed by atoms with Crippen LogP contribution in [0, 0.1) is 0 Å². The van der Waals surface area contributed by atoms with Crippen molar-refractivity contribution < 1.29 is 28.8 Å². The monoisotopic (exact) mass is 324 g/mol. The number of hydrogen-bond donors (Lipinski definition) is 0. The molecular weight excluding hydrogens is 295 g/mol. The molecule has 24 heavy (non-hydrogen) atoms. The van der Waals surface area contributed by atoms with Crippen molar-refractivity contribution in [2.75, 3.05) is 37.6 Å². The van der Waals surface area contributed by atoms with Gasteiger partial charge in [-0.2, -0.15) is 0 Å². The molecule has 1 fully saturated rings. The Balaban J connectivity index is 0.00000288. The number of carboxylic acids is 1. The van der Waals surface area contributed by atoms with Crippen LogP contribution >= 0.6 is 0 Å². The SMILES string of the molecule is CC(C)(C)c1ccc(N2CCCN(CCCC(=O)[O-])CC2)cc1.[Li+]. The second-order valence-corrected chi connectivity index (χ2v) is 7.45. The fraction of sp³-hybridized carbons (Fsp3) is 0.632. The molecule has 0 unspecified atom stereocenters. The van der Waals surface area contributed by atoms with Crippen LogP contribution < -0.4 is 28.9 Å². The van der Waals surface area contributed by atoms with E-state index in [4.69, 9.17) is 0 Å². The van der Waals surface area contributed by atoms with Crippen molar-refractivity contribution in [2.45, 2.75) is 45.4 Å². The molecule has 0 radical (unpaired) electrons. The van der Waals surface area contributed by atoms with Gasteiger partial charge in [0.15, 0.2) is 0 Å². The van der Waals surface area contributed by atoms with E-state index < -0.39 is 5.97 Å². The standard InChI is InChI=1S/C19H30N2O2.Li/c1-19(2,3)16-7-9-17(10-8-16)21-13-5-12-20(14-15-21)11-4-6-18(22)23;/h7-10H,4-6,11-15H2,1-3H3,(H,22,23);/q;+1/p-1. The Morgan fingerprint density at radius 1 is 1.08 bits per heavy atom. The second-order valence-electron chi connectivity index (χ2n) is 7.45. The molecule has 0 aliphatic carbocycles. The molecule has 0 N–H and O–H groups in total. The Kier molecular flexibility index (Phi) is 8.36. The number of carbonyl (C=O) groups excluding carboxylic acids is 1. The normalized spacial score (nSPS) is 16.4. The number of rotatable bonds is 5. The summed E-state index contributed by atoms with van der Waals surface area (Å²) in [6, 6.07) is 8.92. The van der Waals surface area contributed by atoms with Crippen molar-refractivity contribution in [3.8, 4) is 0 Å². The smallest absolute Gasteiger partial charge is 0.550 e.